The van der Waals surface area contributed by atoms with Crippen LogP contribution in [0.25, 0.3) is 0 Å². The maximum atomic E-state index is 5.94. The van der Waals surface area contributed by atoms with Crippen molar-refractivity contribution < 1.29 is 0 Å². The fourth-order valence-electron chi connectivity index (χ4n) is 0.890. The van der Waals surface area contributed by atoms with Crippen LogP contribution in [0.15, 0.2) is 30.3 Å². The Morgan fingerprint density at radius 3 is 2.45 bits per heavy atom. The molecule has 0 aliphatic heterocycles. The average Bonchev–Trinajstić information content (AvgIpc) is 2.07. The summed E-state index contributed by atoms with van der Waals surface area (Å²) in [6.45, 7) is 0.605. The van der Waals surface area contributed by atoms with E-state index in [2.05, 4.69) is 0 Å². The smallest absolute Gasteiger partial charge is 0.0939 e. The van der Waals surface area contributed by atoms with E-state index in [-0.39, 0.29) is 0 Å². The van der Waals surface area contributed by atoms with E-state index in [4.69, 9.17) is 17.3 Å². The molecule has 0 aliphatic rings. The molecule has 0 saturated carbocycles. The molecule has 1 radical (unpaired) electrons. The molecule has 0 amide bonds. The molecule has 2 N–H and O–H groups in total. The first-order chi connectivity index (χ1) is 5.34. The Balaban J connectivity index is 2.61. The number of rotatable bonds is 3. The van der Waals surface area contributed by atoms with Gasteiger partial charge in [0.1, 0.15) is 0 Å². The molecule has 11 heavy (non-hydrogen) atoms. The Hall–Kier alpha value is -0.530. The standard InChI is InChI=1S/C9H11ClN/c10-9(6-7-11)8-4-2-1-3-5-8/h1-5H,6-7,11H2. The molecule has 1 aromatic carbocycles. The molecule has 1 nitrogen and oxygen atoms in total. The second-order valence-electron chi connectivity index (χ2n) is 2.31. The molecule has 0 fully saturated rings. The van der Waals surface area contributed by atoms with Gasteiger partial charge in [0.05, 0.1) is 5.38 Å². The zero-order valence-corrected chi connectivity index (χ0v) is 7.01. The Labute approximate surface area is 72.2 Å². The molecule has 0 aromatic heterocycles. The first-order valence-corrected chi connectivity index (χ1v) is 3.99. The van der Waals surface area contributed by atoms with Crippen LogP contribution in [0.2, 0.25) is 0 Å². The van der Waals surface area contributed by atoms with Crippen LogP contribution in [-0.4, -0.2) is 6.54 Å². The lowest BCUT2D eigenvalue weighted by molar-refractivity contribution is 0.935. The highest BCUT2D eigenvalue weighted by Crippen LogP contribution is 2.21. The van der Waals surface area contributed by atoms with E-state index in [1.54, 1.807) is 0 Å². The number of hydrogen-bond donors (Lipinski definition) is 1. The van der Waals surface area contributed by atoms with Crippen LogP contribution in [-0.2, 0) is 0 Å². The number of hydrogen-bond acceptors (Lipinski definition) is 1. The third kappa shape index (κ3) is 2.52. The van der Waals surface area contributed by atoms with E-state index in [0.717, 1.165) is 17.4 Å². The number of benzene rings is 1. The average molecular weight is 169 g/mol. The van der Waals surface area contributed by atoms with Gasteiger partial charge in [0.25, 0.3) is 0 Å². The molecule has 0 atom stereocenters. The van der Waals surface area contributed by atoms with Crippen LogP contribution in [0, 0.1) is 5.38 Å². The predicted molar refractivity (Wildman–Crippen MR) is 48.3 cm³/mol. The van der Waals surface area contributed by atoms with Crippen molar-refractivity contribution in [3.05, 3.63) is 41.3 Å². The highest BCUT2D eigenvalue weighted by Gasteiger charge is 2.05. The highest BCUT2D eigenvalue weighted by atomic mass is 35.5. The van der Waals surface area contributed by atoms with E-state index < -0.39 is 0 Å². The quantitative estimate of drug-likeness (QED) is 0.736. The van der Waals surface area contributed by atoms with Gasteiger partial charge in [0.15, 0.2) is 0 Å². The van der Waals surface area contributed by atoms with Crippen molar-refractivity contribution in [3.8, 4) is 0 Å². The lowest BCUT2D eigenvalue weighted by atomic mass is 10.1. The number of halogens is 1. The number of nitrogens with two attached hydrogens (primary N) is 1. The molecule has 1 rings (SSSR count). The Bertz CT molecular complexity index is 198. The fourth-order valence-corrected chi connectivity index (χ4v) is 1.13. The minimum absolute atomic E-state index is 0.605. The first kappa shape index (κ1) is 8.57. The molecule has 1 aromatic rings. The molecular formula is C9H11ClN. The van der Waals surface area contributed by atoms with Crippen molar-refractivity contribution in [2.45, 2.75) is 6.42 Å². The Morgan fingerprint density at radius 1 is 1.27 bits per heavy atom. The highest BCUT2D eigenvalue weighted by molar-refractivity contribution is 6.29. The fraction of sp³-hybridized carbons (Fsp3) is 0.222. The normalized spacial score (nSPS) is 10.5. The third-order valence-electron chi connectivity index (χ3n) is 1.45. The predicted octanol–water partition coefficient (Wildman–Crippen LogP) is 2.15. The third-order valence-corrected chi connectivity index (χ3v) is 1.86. The Morgan fingerprint density at radius 2 is 1.91 bits per heavy atom. The van der Waals surface area contributed by atoms with E-state index in [0.29, 0.717) is 6.54 Å². The summed E-state index contributed by atoms with van der Waals surface area (Å²) >= 11 is 5.94. The first-order valence-electron chi connectivity index (χ1n) is 3.61. The molecule has 0 aliphatic carbocycles. The van der Waals surface area contributed by atoms with Crippen molar-refractivity contribution in [3.63, 3.8) is 0 Å². The van der Waals surface area contributed by atoms with E-state index in [9.17, 15) is 0 Å². The zero-order valence-electron chi connectivity index (χ0n) is 6.26. The summed E-state index contributed by atoms with van der Waals surface area (Å²) in [5.41, 5.74) is 6.43. The van der Waals surface area contributed by atoms with Gasteiger partial charge in [0, 0.05) is 0 Å². The van der Waals surface area contributed by atoms with Gasteiger partial charge in [-0.05, 0) is 18.5 Å². The van der Waals surface area contributed by atoms with Crippen LogP contribution in [0.5, 0.6) is 0 Å². The van der Waals surface area contributed by atoms with Gasteiger partial charge < -0.3 is 5.73 Å². The maximum absolute atomic E-state index is 5.94. The summed E-state index contributed by atoms with van der Waals surface area (Å²) in [6, 6.07) is 9.87. The molecule has 59 valence electrons. The van der Waals surface area contributed by atoms with Crippen LogP contribution in [0.4, 0.5) is 0 Å². The van der Waals surface area contributed by atoms with Gasteiger partial charge in [-0.15, -0.1) is 11.6 Å². The molecular weight excluding hydrogens is 158 g/mol. The second kappa shape index (κ2) is 4.37. The molecule has 0 saturated heterocycles. The van der Waals surface area contributed by atoms with Crippen LogP contribution in [0.3, 0.4) is 0 Å². The summed E-state index contributed by atoms with van der Waals surface area (Å²) in [5, 5.41) is 0.841. The van der Waals surface area contributed by atoms with Crippen molar-refractivity contribution in [2.24, 2.45) is 5.73 Å². The van der Waals surface area contributed by atoms with Crippen molar-refractivity contribution in [2.75, 3.05) is 6.54 Å². The van der Waals surface area contributed by atoms with Gasteiger partial charge >= 0.3 is 0 Å². The van der Waals surface area contributed by atoms with Gasteiger partial charge in [-0.2, -0.15) is 0 Å². The molecule has 2 heteroatoms. The summed E-state index contributed by atoms with van der Waals surface area (Å²) in [5.74, 6) is 0. The Kier molecular flexibility index (Phi) is 3.40. The van der Waals surface area contributed by atoms with Crippen LogP contribution in [0.1, 0.15) is 12.0 Å². The second-order valence-corrected chi connectivity index (χ2v) is 2.77. The van der Waals surface area contributed by atoms with Gasteiger partial charge in [-0.3, -0.25) is 0 Å². The molecule has 0 bridgehead atoms. The minimum atomic E-state index is 0.605. The van der Waals surface area contributed by atoms with Crippen molar-refractivity contribution in [1.82, 2.24) is 0 Å². The van der Waals surface area contributed by atoms with Crippen LogP contribution >= 0.6 is 11.6 Å². The largest absolute Gasteiger partial charge is 0.330 e. The monoisotopic (exact) mass is 168 g/mol. The maximum Gasteiger partial charge on any atom is 0.0939 e. The molecule has 0 spiro atoms. The lowest BCUT2D eigenvalue weighted by Gasteiger charge is -2.05. The van der Waals surface area contributed by atoms with E-state index >= 15 is 0 Å². The van der Waals surface area contributed by atoms with Gasteiger partial charge in [-0.1, -0.05) is 30.3 Å². The topological polar surface area (TPSA) is 26.0 Å². The summed E-state index contributed by atoms with van der Waals surface area (Å²) in [6.07, 6.45) is 0.756. The molecule has 0 heterocycles. The van der Waals surface area contributed by atoms with Crippen LogP contribution < -0.4 is 5.73 Å². The van der Waals surface area contributed by atoms with E-state index in [1.807, 2.05) is 30.3 Å². The summed E-state index contributed by atoms with van der Waals surface area (Å²) in [7, 11) is 0. The van der Waals surface area contributed by atoms with Crippen molar-refractivity contribution >= 4 is 11.6 Å². The SMILES string of the molecule is NCC[C](Cl)c1ccccc1. The summed E-state index contributed by atoms with van der Waals surface area (Å²) in [4.78, 5) is 0. The van der Waals surface area contributed by atoms with E-state index in [1.165, 1.54) is 0 Å². The minimum Gasteiger partial charge on any atom is -0.330 e. The van der Waals surface area contributed by atoms with Crippen molar-refractivity contribution in [1.29, 1.82) is 0 Å². The summed E-state index contributed by atoms with van der Waals surface area (Å²) < 4.78 is 0. The zero-order chi connectivity index (χ0) is 8.10. The lowest BCUT2D eigenvalue weighted by Crippen LogP contribution is -2.03. The van der Waals surface area contributed by atoms with Gasteiger partial charge in [-0.25, -0.2) is 0 Å². The van der Waals surface area contributed by atoms with Gasteiger partial charge in [0.2, 0.25) is 0 Å². The molecule has 0 unspecified atom stereocenters.